The number of nitrogens with two attached hydrogens (primary N) is 1. The maximum Gasteiger partial charge on any atom is 0.255 e. The minimum absolute atomic E-state index is 0.106. The highest BCUT2D eigenvalue weighted by atomic mass is 79.9. The predicted molar refractivity (Wildman–Crippen MR) is 74.1 cm³/mol. The van der Waals surface area contributed by atoms with Crippen LogP contribution in [0.5, 0.6) is 0 Å². The molecular formula is C12H17BrN4O. The summed E-state index contributed by atoms with van der Waals surface area (Å²) < 4.78 is 0.753. The Morgan fingerprint density at radius 2 is 2.17 bits per heavy atom. The van der Waals surface area contributed by atoms with Gasteiger partial charge in [-0.3, -0.25) is 4.79 Å². The summed E-state index contributed by atoms with van der Waals surface area (Å²) in [5.41, 5.74) is 2.80. The normalized spacial score (nSPS) is 17.5. The zero-order valence-corrected chi connectivity index (χ0v) is 11.9. The van der Waals surface area contributed by atoms with E-state index < -0.39 is 0 Å². The van der Waals surface area contributed by atoms with Crippen molar-refractivity contribution in [2.75, 3.05) is 5.43 Å². The minimum atomic E-state index is -0.138. The molecule has 5 nitrogen and oxygen atoms in total. The smallest absolute Gasteiger partial charge is 0.255 e. The van der Waals surface area contributed by atoms with Crippen molar-refractivity contribution in [2.24, 2.45) is 5.84 Å². The number of hydrogen-bond donors (Lipinski definition) is 3. The van der Waals surface area contributed by atoms with E-state index in [9.17, 15) is 4.79 Å². The molecule has 6 heteroatoms. The van der Waals surface area contributed by atoms with Gasteiger partial charge >= 0.3 is 0 Å². The largest absolute Gasteiger partial charge is 0.347 e. The second kappa shape index (κ2) is 5.24. The highest BCUT2D eigenvalue weighted by molar-refractivity contribution is 9.10. The molecule has 1 fully saturated rings. The highest BCUT2D eigenvalue weighted by Crippen LogP contribution is 2.29. The first kappa shape index (κ1) is 13.3. The number of hydrogen-bond acceptors (Lipinski definition) is 4. The second-order valence-electron chi connectivity index (χ2n) is 4.92. The number of carbonyl (C=O) groups excluding carboxylic acids is 1. The second-order valence-corrected chi connectivity index (χ2v) is 5.83. The summed E-state index contributed by atoms with van der Waals surface area (Å²) in [4.78, 5) is 16.3. The van der Waals surface area contributed by atoms with Crippen LogP contribution in [0.1, 0.15) is 43.0 Å². The van der Waals surface area contributed by atoms with E-state index >= 15 is 0 Å². The molecule has 2 rings (SSSR count). The summed E-state index contributed by atoms with van der Waals surface area (Å²) in [5, 5.41) is 3.08. The number of anilines is 1. The quantitative estimate of drug-likeness (QED) is 0.590. The summed E-state index contributed by atoms with van der Waals surface area (Å²) >= 11 is 3.31. The third-order valence-corrected chi connectivity index (χ3v) is 3.79. The van der Waals surface area contributed by atoms with Crippen molar-refractivity contribution in [3.8, 4) is 0 Å². The minimum Gasteiger partial charge on any atom is -0.347 e. The molecule has 0 bridgehead atoms. The van der Waals surface area contributed by atoms with Gasteiger partial charge < -0.3 is 10.7 Å². The maximum absolute atomic E-state index is 12.3. The molecule has 1 heterocycles. The molecule has 0 spiro atoms. The lowest BCUT2D eigenvalue weighted by molar-refractivity contribution is 0.0908. The number of nitrogen functional groups attached to an aromatic ring is 1. The van der Waals surface area contributed by atoms with Crippen LogP contribution < -0.4 is 16.6 Å². The van der Waals surface area contributed by atoms with Gasteiger partial charge in [0.25, 0.3) is 5.91 Å². The molecule has 1 aliphatic rings. The lowest BCUT2D eigenvalue weighted by atomic mass is 10.00. The number of aromatic nitrogens is 1. The lowest BCUT2D eigenvalue weighted by Gasteiger charge is -2.25. The van der Waals surface area contributed by atoms with E-state index in [-0.39, 0.29) is 11.4 Å². The molecule has 98 valence electrons. The zero-order valence-electron chi connectivity index (χ0n) is 10.3. The van der Waals surface area contributed by atoms with Crippen LogP contribution in [0.3, 0.4) is 0 Å². The zero-order chi connectivity index (χ0) is 13.2. The van der Waals surface area contributed by atoms with Gasteiger partial charge in [0.1, 0.15) is 0 Å². The maximum atomic E-state index is 12.3. The SMILES string of the molecule is CC1(NC(=O)c2cc(Br)cnc2NN)CCCC1. The Labute approximate surface area is 115 Å². The molecule has 0 atom stereocenters. The summed E-state index contributed by atoms with van der Waals surface area (Å²) in [5.74, 6) is 5.62. The van der Waals surface area contributed by atoms with Gasteiger partial charge in [0.15, 0.2) is 5.82 Å². The summed E-state index contributed by atoms with van der Waals surface area (Å²) in [6.07, 6.45) is 5.96. The predicted octanol–water partition coefficient (Wildman–Crippen LogP) is 2.19. The molecule has 1 aliphatic carbocycles. The summed E-state index contributed by atoms with van der Waals surface area (Å²) in [7, 11) is 0. The summed E-state index contributed by atoms with van der Waals surface area (Å²) in [6, 6.07) is 1.72. The molecule has 18 heavy (non-hydrogen) atoms. The Bertz CT molecular complexity index is 457. The Balaban J connectivity index is 2.20. The van der Waals surface area contributed by atoms with E-state index in [0.717, 1.165) is 30.2 Å². The molecule has 1 aromatic rings. The van der Waals surface area contributed by atoms with Gasteiger partial charge in [-0.1, -0.05) is 12.8 Å². The van der Waals surface area contributed by atoms with Crippen LogP contribution in [0.15, 0.2) is 16.7 Å². The first-order valence-corrected chi connectivity index (χ1v) is 6.78. The lowest BCUT2D eigenvalue weighted by Crippen LogP contribution is -2.43. The highest BCUT2D eigenvalue weighted by Gasteiger charge is 2.31. The van der Waals surface area contributed by atoms with Crippen LogP contribution in [-0.4, -0.2) is 16.4 Å². The van der Waals surface area contributed by atoms with E-state index in [1.54, 1.807) is 12.3 Å². The average molecular weight is 313 g/mol. The number of amides is 1. The molecular weight excluding hydrogens is 296 g/mol. The molecule has 0 aliphatic heterocycles. The van der Waals surface area contributed by atoms with E-state index in [0.29, 0.717) is 11.4 Å². The fraction of sp³-hybridized carbons (Fsp3) is 0.500. The Kier molecular flexibility index (Phi) is 3.87. The van der Waals surface area contributed by atoms with Gasteiger partial charge in [-0.15, -0.1) is 0 Å². The fourth-order valence-corrected chi connectivity index (χ4v) is 2.68. The summed E-state index contributed by atoms with van der Waals surface area (Å²) in [6.45, 7) is 2.08. The number of hydrazine groups is 1. The molecule has 0 radical (unpaired) electrons. The molecule has 1 saturated carbocycles. The first-order valence-electron chi connectivity index (χ1n) is 5.99. The van der Waals surface area contributed by atoms with Crippen molar-refractivity contribution in [2.45, 2.75) is 38.1 Å². The van der Waals surface area contributed by atoms with Gasteiger partial charge in [0.05, 0.1) is 5.56 Å². The molecule has 1 amide bonds. The van der Waals surface area contributed by atoms with Crippen molar-refractivity contribution < 1.29 is 4.79 Å². The topological polar surface area (TPSA) is 80.0 Å². The number of carbonyl (C=O) groups is 1. The third kappa shape index (κ3) is 2.81. The van der Waals surface area contributed by atoms with Crippen LogP contribution in [0.2, 0.25) is 0 Å². The van der Waals surface area contributed by atoms with Crippen LogP contribution >= 0.6 is 15.9 Å². The van der Waals surface area contributed by atoms with E-state index in [1.165, 1.54) is 0 Å². The number of halogens is 1. The Morgan fingerprint density at radius 3 is 2.78 bits per heavy atom. The van der Waals surface area contributed by atoms with E-state index in [1.807, 2.05) is 0 Å². The molecule has 0 saturated heterocycles. The molecule has 4 N–H and O–H groups in total. The monoisotopic (exact) mass is 312 g/mol. The van der Waals surface area contributed by atoms with Crippen molar-refractivity contribution >= 4 is 27.7 Å². The van der Waals surface area contributed by atoms with Gasteiger partial charge in [0, 0.05) is 16.2 Å². The molecule has 1 aromatic heterocycles. The molecule has 0 aromatic carbocycles. The third-order valence-electron chi connectivity index (χ3n) is 3.36. The first-order chi connectivity index (χ1) is 8.54. The van der Waals surface area contributed by atoms with Gasteiger partial charge in [0.2, 0.25) is 0 Å². The van der Waals surface area contributed by atoms with Crippen LogP contribution in [0.4, 0.5) is 5.82 Å². The molecule has 0 unspecified atom stereocenters. The average Bonchev–Trinajstić information content (AvgIpc) is 2.75. The van der Waals surface area contributed by atoms with Crippen molar-refractivity contribution in [1.82, 2.24) is 10.3 Å². The standard InChI is InChI=1S/C12H17BrN4O/c1-12(4-2-3-5-12)16-11(18)9-6-8(13)7-15-10(9)17-14/h6-7H,2-5,14H2,1H3,(H,15,17)(H,16,18). The van der Waals surface area contributed by atoms with Crippen LogP contribution in [0, 0.1) is 0 Å². The van der Waals surface area contributed by atoms with Crippen molar-refractivity contribution in [3.05, 3.63) is 22.3 Å². The Morgan fingerprint density at radius 1 is 1.50 bits per heavy atom. The van der Waals surface area contributed by atoms with Crippen LogP contribution in [0.25, 0.3) is 0 Å². The number of pyridine rings is 1. The number of nitrogens with zero attached hydrogens (tertiary/aromatic N) is 1. The number of nitrogens with one attached hydrogen (secondary N) is 2. The van der Waals surface area contributed by atoms with Gasteiger partial charge in [-0.25, -0.2) is 10.8 Å². The van der Waals surface area contributed by atoms with Crippen molar-refractivity contribution in [3.63, 3.8) is 0 Å². The van der Waals surface area contributed by atoms with Gasteiger partial charge in [-0.05, 0) is 41.8 Å². The van der Waals surface area contributed by atoms with E-state index in [2.05, 4.69) is 38.6 Å². The van der Waals surface area contributed by atoms with Crippen LogP contribution in [-0.2, 0) is 0 Å². The Hall–Kier alpha value is -1.14. The van der Waals surface area contributed by atoms with Gasteiger partial charge in [-0.2, -0.15) is 0 Å². The fourth-order valence-electron chi connectivity index (χ4n) is 2.35. The van der Waals surface area contributed by atoms with Crippen molar-refractivity contribution in [1.29, 1.82) is 0 Å². The van der Waals surface area contributed by atoms with E-state index in [4.69, 9.17) is 5.84 Å². The number of rotatable bonds is 3.